The SMILES string of the molecule is O=C(CSc1ccc(Cl)cc1)NNC(=O)c1cccc(OCc2cccnc2)c1. The molecule has 3 rings (SSSR count). The number of amides is 2. The van der Waals surface area contributed by atoms with Crippen LogP contribution in [-0.4, -0.2) is 22.6 Å². The van der Waals surface area contributed by atoms with Crippen molar-refractivity contribution in [3.05, 3.63) is 89.2 Å². The molecule has 29 heavy (non-hydrogen) atoms. The predicted octanol–water partition coefficient (Wildman–Crippen LogP) is 3.87. The van der Waals surface area contributed by atoms with Gasteiger partial charge in [-0.3, -0.25) is 25.4 Å². The Kier molecular flexibility index (Phi) is 7.49. The molecule has 0 radical (unpaired) electrons. The van der Waals surface area contributed by atoms with Crippen molar-refractivity contribution in [3.63, 3.8) is 0 Å². The molecule has 6 nitrogen and oxygen atoms in total. The topological polar surface area (TPSA) is 80.3 Å². The first-order chi connectivity index (χ1) is 14.1. The molecule has 2 aromatic carbocycles. The van der Waals surface area contributed by atoms with Gasteiger partial charge in [0.15, 0.2) is 0 Å². The Labute approximate surface area is 177 Å². The highest BCUT2D eigenvalue weighted by atomic mass is 35.5. The molecule has 0 fully saturated rings. The average molecular weight is 428 g/mol. The molecule has 1 heterocycles. The van der Waals surface area contributed by atoms with Crippen molar-refractivity contribution >= 4 is 35.2 Å². The fourth-order valence-electron chi connectivity index (χ4n) is 2.29. The summed E-state index contributed by atoms with van der Waals surface area (Å²) in [6, 6.07) is 17.6. The van der Waals surface area contributed by atoms with E-state index in [9.17, 15) is 9.59 Å². The van der Waals surface area contributed by atoms with Crippen LogP contribution in [0.4, 0.5) is 0 Å². The minimum Gasteiger partial charge on any atom is -0.489 e. The maximum atomic E-state index is 12.3. The molecule has 2 N–H and O–H groups in total. The Bertz CT molecular complexity index is 968. The van der Waals surface area contributed by atoms with Gasteiger partial charge >= 0.3 is 0 Å². The van der Waals surface area contributed by atoms with Crippen molar-refractivity contribution in [1.82, 2.24) is 15.8 Å². The van der Waals surface area contributed by atoms with Gasteiger partial charge in [-0.1, -0.05) is 23.7 Å². The maximum absolute atomic E-state index is 12.3. The largest absolute Gasteiger partial charge is 0.489 e. The molecule has 0 spiro atoms. The molecule has 1 aromatic heterocycles. The van der Waals surface area contributed by atoms with E-state index in [1.165, 1.54) is 11.8 Å². The standard InChI is InChI=1S/C21H18ClN3O3S/c22-17-6-8-19(9-7-17)29-14-20(26)24-25-21(27)16-4-1-5-18(11-16)28-13-15-3-2-10-23-12-15/h1-12H,13-14H2,(H,24,26)(H,25,27). The Morgan fingerprint density at radius 3 is 2.62 bits per heavy atom. The van der Waals surface area contributed by atoms with Crippen LogP contribution in [0.5, 0.6) is 5.75 Å². The van der Waals surface area contributed by atoms with Crippen molar-refractivity contribution in [2.24, 2.45) is 0 Å². The van der Waals surface area contributed by atoms with E-state index in [-0.39, 0.29) is 11.7 Å². The number of halogens is 1. The zero-order valence-corrected chi connectivity index (χ0v) is 16.9. The zero-order chi connectivity index (χ0) is 20.5. The smallest absolute Gasteiger partial charge is 0.269 e. The van der Waals surface area contributed by atoms with E-state index in [1.54, 1.807) is 48.8 Å². The van der Waals surface area contributed by atoms with Gasteiger partial charge < -0.3 is 4.74 Å². The fourth-order valence-corrected chi connectivity index (χ4v) is 3.12. The van der Waals surface area contributed by atoms with Gasteiger partial charge in [0.2, 0.25) is 5.91 Å². The molecular formula is C21H18ClN3O3S. The van der Waals surface area contributed by atoms with E-state index in [1.807, 2.05) is 24.3 Å². The summed E-state index contributed by atoms with van der Waals surface area (Å²) in [5, 5.41) is 0.637. The van der Waals surface area contributed by atoms with E-state index in [0.717, 1.165) is 10.5 Å². The number of carbonyl (C=O) groups is 2. The number of pyridine rings is 1. The second-order valence-corrected chi connectivity index (χ2v) is 7.41. The number of aromatic nitrogens is 1. The number of hydrogen-bond acceptors (Lipinski definition) is 5. The highest BCUT2D eigenvalue weighted by Crippen LogP contribution is 2.20. The van der Waals surface area contributed by atoms with E-state index < -0.39 is 5.91 Å². The van der Waals surface area contributed by atoms with E-state index >= 15 is 0 Å². The normalized spacial score (nSPS) is 10.2. The van der Waals surface area contributed by atoms with Crippen molar-refractivity contribution < 1.29 is 14.3 Å². The number of nitrogens with zero attached hydrogens (tertiary/aromatic N) is 1. The molecule has 0 saturated heterocycles. The first-order valence-electron chi connectivity index (χ1n) is 8.69. The van der Waals surface area contributed by atoms with Crippen LogP contribution in [0.25, 0.3) is 0 Å². The number of carbonyl (C=O) groups excluding carboxylic acids is 2. The lowest BCUT2D eigenvalue weighted by Crippen LogP contribution is -2.42. The Hall–Kier alpha value is -3.03. The van der Waals surface area contributed by atoms with Crippen LogP contribution in [0, 0.1) is 0 Å². The van der Waals surface area contributed by atoms with Gasteiger partial charge in [0.05, 0.1) is 5.75 Å². The molecule has 8 heteroatoms. The van der Waals surface area contributed by atoms with Gasteiger partial charge in [-0.15, -0.1) is 11.8 Å². The summed E-state index contributed by atoms with van der Waals surface area (Å²) in [5.41, 5.74) is 6.11. The average Bonchev–Trinajstić information content (AvgIpc) is 2.76. The number of hydrogen-bond donors (Lipinski definition) is 2. The Morgan fingerprint density at radius 2 is 1.86 bits per heavy atom. The zero-order valence-electron chi connectivity index (χ0n) is 15.3. The van der Waals surface area contributed by atoms with Gasteiger partial charge in [-0.25, -0.2) is 0 Å². The highest BCUT2D eigenvalue weighted by Gasteiger charge is 2.09. The van der Waals surface area contributed by atoms with E-state index in [0.29, 0.717) is 22.9 Å². The molecule has 0 bridgehead atoms. The summed E-state index contributed by atoms with van der Waals surface area (Å²) in [6.45, 7) is 0.345. The van der Waals surface area contributed by atoms with Crippen LogP contribution < -0.4 is 15.6 Å². The minimum atomic E-state index is -0.429. The monoisotopic (exact) mass is 427 g/mol. The summed E-state index contributed by atoms with van der Waals surface area (Å²) in [7, 11) is 0. The summed E-state index contributed by atoms with van der Waals surface area (Å²) in [5.74, 6) is -0.0361. The Morgan fingerprint density at radius 1 is 1.03 bits per heavy atom. The molecule has 148 valence electrons. The van der Waals surface area contributed by atoms with Gasteiger partial charge in [-0.2, -0.15) is 0 Å². The van der Waals surface area contributed by atoms with Crippen LogP contribution in [0.1, 0.15) is 15.9 Å². The van der Waals surface area contributed by atoms with Crippen LogP contribution in [-0.2, 0) is 11.4 Å². The summed E-state index contributed by atoms with van der Waals surface area (Å²) in [4.78, 5) is 29.2. The molecule has 0 aliphatic rings. The molecule has 0 unspecified atom stereocenters. The Balaban J connectivity index is 1.46. The van der Waals surface area contributed by atoms with Gasteiger partial charge in [0.25, 0.3) is 5.91 Å². The molecule has 0 aliphatic heterocycles. The number of nitrogens with one attached hydrogen (secondary N) is 2. The third-order valence-corrected chi connectivity index (χ3v) is 4.99. The van der Waals surface area contributed by atoms with Crippen molar-refractivity contribution in [1.29, 1.82) is 0 Å². The number of rotatable bonds is 7. The van der Waals surface area contributed by atoms with Gasteiger partial charge in [0.1, 0.15) is 12.4 Å². The summed E-state index contributed by atoms with van der Waals surface area (Å²) < 4.78 is 5.68. The molecule has 0 aliphatic carbocycles. The van der Waals surface area contributed by atoms with Crippen molar-refractivity contribution in [2.75, 3.05) is 5.75 Å². The molecule has 0 saturated carbocycles. The number of hydrazine groups is 1. The molecule has 2 amide bonds. The first-order valence-corrected chi connectivity index (χ1v) is 10.1. The summed E-state index contributed by atoms with van der Waals surface area (Å²) in [6.07, 6.45) is 3.41. The second kappa shape index (κ2) is 10.5. The number of benzene rings is 2. The van der Waals surface area contributed by atoms with Crippen molar-refractivity contribution in [2.45, 2.75) is 11.5 Å². The van der Waals surface area contributed by atoms with E-state index in [4.69, 9.17) is 16.3 Å². The lowest BCUT2D eigenvalue weighted by Gasteiger charge is -2.10. The van der Waals surface area contributed by atoms with Crippen LogP contribution >= 0.6 is 23.4 Å². The van der Waals surface area contributed by atoms with E-state index in [2.05, 4.69) is 15.8 Å². The molecular weight excluding hydrogens is 410 g/mol. The van der Waals surface area contributed by atoms with Crippen molar-refractivity contribution in [3.8, 4) is 5.75 Å². The predicted molar refractivity (Wildman–Crippen MR) is 113 cm³/mol. The number of ether oxygens (including phenoxy) is 1. The fraction of sp³-hybridized carbons (Fsp3) is 0.0952. The maximum Gasteiger partial charge on any atom is 0.269 e. The van der Waals surface area contributed by atoms with Gasteiger partial charge in [0, 0.05) is 33.4 Å². The lowest BCUT2D eigenvalue weighted by molar-refractivity contribution is -0.119. The lowest BCUT2D eigenvalue weighted by atomic mass is 10.2. The van der Waals surface area contributed by atoms with Crippen LogP contribution in [0.15, 0.2) is 78.0 Å². The minimum absolute atomic E-state index is 0.163. The third kappa shape index (κ3) is 6.81. The summed E-state index contributed by atoms with van der Waals surface area (Å²) >= 11 is 7.18. The highest BCUT2D eigenvalue weighted by molar-refractivity contribution is 8.00. The molecule has 0 atom stereocenters. The number of thioether (sulfide) groups is 1. The third-order valence-electron chi connectivity index (χ3n) is 3.72. The quantitative estimate of drug-likeness (QED) is 0.442. The van der Waals surface area contributed by atoms with Crippen LogP contribution in [0.3, 0.4) is 0 Å². The van der Waals surface area contributed by atoms with Gasteiger partial charge in [-0.05, 0) is 48.5 Å². The van der Waals surface area contributed by atoms with Crippen LogP contribution in [0.2, 0.25) is 5.02 Å². The first kappa shape index (κ1) is 20.7. The second-order valence-electron chi connectivity index (χ2n) is 5.92. The molecule has 3 aromatic rings.